The Morgan fingerprint density at radius 2 is 2.10 bits per heavy atom. The molecule has 2 aromatic rings. The fourth-order valence-corrected chi connectivity index (χ4v) is 1.97. The second kappa shape index (κ2) is 6.38. The van der Waals surface area contributed by atoms with Gasteiger partial charge in [-0.25, -0.2) is 18.7 Å². The van der Waals surface area contributed by atoms with Crippen LogP contribution in [0.2, 0.25) is 0 Å². The van der Waals surface area contributed by atoms with Crippen molar-refractivity contribution < 1.29 is 13.5 Å². The largest absolute Gasteiger partial charge is 0.481 e. The van der Waals surface area contributed by atoms with Gasteiger partial charge in [-0.3, -0.25) is 0 Å². The molecule has 1 N–H and O–H groups in total. The highest BCUT2D eigenvalue weighted by Gasteiger charge is 2.18. The van der Waals surface area contributed by atoms with Gasteiger partial charge in [-0.15, -0.1) is 0 Å². The number of nitrogens with one attached hydrogen (secondary N) is 1. The zero-order valence-corrected chi connectivity index (χ0v) is 11.2. The van der Waals surface area contributed by atoms with E-state index in [1.54, 1.807) is 19.2 Å². The molecule has 0 bridgehead atoms. The Hall–Kier alpha value is -2.08. The van der Waals surface area contributed by atoms with Gasteiger partial charge in [0.05, 0.1) is 7.11 Å². The van der Waals surface area contributed by atoms with E-state index >= 15 is 0 Å². The third-order valence-corrected chi connectivity index (χ3v) is 3.03. The maximum atomic E-state index is 13.8. The lowest BCUT2D eigenvalue weighted by atomic mass is 10.0. The summed E-state index contributed by atoms with van der Waals surface area (Å²) in [6.45, 7) is 0. The summed E-state index contributed by atoms with van der Waals surface area (Å²) in [7, 11) is 3.20. The lowest BCUT2D eigenvalue weighted by molar-refractivity contribution is 0.395. The minimum absolute atomic E-state index is 0.269. The molecule has 0 aliphatic rings. The monoisotopic (exact) mass is 279 g/mol. The number of benzene rings is 1. The first kappa shape index (κ1) is 14.3. The quantitative estimate of drug-likeness (QED) is 0.912. The van der Waals surface area contributed by atoms with E-state index in [-0.39, 0.29) is 11.6 Å². The van der Waals surface area contributed by atoms with Crippen molar-refractivity contribution in [1.29, 1.82) is 0 Å². The fraction of sp³-hybridized carbons (Fsp3) is 0.286. The van der Waals surface area contributed by atoms with Gasteiger partial charge in [0.15, 0.2) is 11.6 Å². The number of hydrogen-bond acceptors (Lipinski definition) is 4. The summed E-state index contributed by atoms with van der Waals surface area (Å²) in [6.07, 6.45) is 1.78. The Morgan fingerprint density at radius 3 is 2.80 bits per heavy atom. The van der Waals surface area contributed by atoms with Gasteiger partial charge in [-0.2, -0.15) is 0 Å². The van der Waals surface area contributed by atoms with Crippen LogP contribution in [0.25, 0.3) is 0 Å². The van der Waals surface area contributed by atoms with E-state index in [1.165, 1.54) is 19.5 Å². The number of rotatable bonds is 5. The average molecular weight is 279 g/mol. The number of hydrogen-bond donors (Lipinski definition) is 1. The van der Waals surface area contributed by atoms with Crippen LogP contribution in [-0.2, 0) is 6.42 Å². The zero-order valence-electron chi connectivity index (χ0n) is 11.2. The Kier molecular flexibility index (Phi) is 4.57. The Bertz CT molecular complexity index is 592. The van der Waals surface area contributed by atoms with Crippen molar-refractivity contribution in [3.63, 3.8) is 0 Å². The van der Waals surface area contributed by atoms with Gasteiger partial charge in [0.25, 0.3) is 0 Å². The predicted octanol–water partition coefficient (Wildman–Crippen LogP) is 2.27. The summed E-state index contributed by atoms with van der Waals surface area (Å²) < 4.78 is 32.1. The van der Waals surface area contributed by atoms with Crippen molar-refractivity contribution in [2.24, 2.45) is 0 Å². The molecule has 1 aromatic carbocycles. The number of halogens is 2. The van der Waals surface area contributed by atoms with Crippen molar-refractivity contribution in [2.45, 2.75) is 12.5 Å². The van der Waals surface area contributed by atoms with E-state index in [0.29, 0.717) is 18.0 Å². The zero-order chi connectivity index (χ0) is 14.5. The number of aromatic nitrogens is 2. The van der Waals surface area contributed by atoms with Gasteiger partial charge in [-0.1, -0.05) is 12.1 Å². The molecule has 1 heterocycles. The molecule has 1 atom stereocenters. The van der Waals surface area contributed by atoms with Gasteiger partial charge in [0, 0.05) is 29.8 Å². The second-order valence-corrected chi connectivity index (χ2v) is 4.24. The summed E-state index contributed by atoms with van der Waals surface area (Å²) in [5, 5.41) is 2.96. The van der Waals surface area contributed by atoms with E-state index in [1.807, 2.05) is 0 Å². The van der Waals surface area contributed by atoms with E-state index in [0.717, 1.165) is 6.07 Å². The molecule has 0 amide bonds. The Labute approximate surface area is 115 Å². The van der Waals surface area contributed by atoms with Gasteiger partial charge >= 0.3 is 0 Å². The third kappa shape index (κ3) is 3.08. The third-order valence-electron chi connectivity index (χ3n) is 3.03. The molecule has 0 spiro atoms. The summed E-state index contributed by atoms with van der Waals surface area (Å²) in [5.74, 6) is -1.26. The van der Waals surface area contributed by atoms with Gasteiger partial charge in [-0.05, 0) is 13.1 Å². The molecule has 0 saturated heterocycles. The van der Waals surface area contributed by atoms with Crippen LogP contribution in [0.3, 0.4) is 0 Å². The normalized spacial score (nSPS) is 12.2. The van der Waals surface area contributed by atoms with Crippen molar-refractivity contribution in [2.75, 3.05) is 14.2 Å². The molecule has 0 saturated carbocycles. The first-order valence-electron chi connectivity index (χ1n) is 6.11. The molecule has 0 radical (unpaired) electrons. The van der Waals surface area contributed by atoms with Gasteiger partial charge in [0.1, 0.15) is 6.33 Å². The van der Waals surface area contributed by atoms with Crippen LogP contribution in [0, 0.1) is 11.6 Å². The van der Waals surface area contributed by atoms with E-state index in [9.17, 15) is 8.78 Å². The highest BCUT2D eigenvalue weighted by Crippen LogP contribution is 2.22. The number of nitrogens with zero attached hydrogens (tertiary/aromatic N) is 2. The molecular weight excluding hydrogens is 264 g/mol. The van der Waals surface area contributed by atoms with Crippen molar-refractivity contribution in [3.8, 4) is 5.88 Å². The van der Waals surface area contributed by atoms with E-state index in [4.69, 9.17) is 4.74 Å². The predicted molar refractivity (Wildman–Crippen MR) is 70.4 cm³/mol. The molecule has 20 heavy (non-hydrogen) atoms. The Balaban J connectivity index is 2.26. The molecule has 0 fully saturated rings. The van der Waals surface area contributed by atoms with Gasteiger partial charge in [0.2, 0.25) is 5.88 Å². The summed E-state index contributed by atoms with van der Waals surface area (Å²) in [6, 6.07) is 5.42. The molecule has 1 unspecified atom stereocenters. The van der Waals surface area contributed by atoms with Crippen LogP contribution in [0.4, 0.5) is 8.78 Å². The van der Waals surface area contributed by atoms with Crippen molar-refractivity contribution in [3.05, 3.63) is 53.5 Å². The number of likely N-dealkylation sites (N-methyl/N-ethyl adjacent to an activating group) is 1. The fourth-order valence-electron chi connectivity index (χ4n) is 1.97. The highest BCUT2D eigenvalue weighted by atomic mass is 19.2. The highest BCUT2D eigenvalue weighted by molar-refractivity contribution is 5.25. The van der Waals surface area contributed by atoms with Crippen molar-refractivity contribution >= 4 is 0 Å². The molecule has 4 nitrogen and oxygen atoms in total. The lowest BCUT2D eigenvalue weighted by Crippen LogP contribution is -2.21. The standard InChI is InChI=1S/C14H15F2N3O/c1-17-12(10-4-3-5-11(15)14(10)16)6-9-7-13(20-2)19-8-18-9/h3-5,7-8,12,17H,6H2,1-2H3. The first-order chi connectivity index (χ1) is 9.65. The minimum atomic E-state index is -0.858. The lowest BCUT2D eigenvalue weighted by Gasteiger charge is -2.17. The molecule has 1 aromatic heterocycles. The van der Waals surface area contributed by atoms with Crippen LogP contribution in [0.5, 0.6) is 5.88 Å². The number of methoxy groups -OCH3 is 1. The van der Waals surface area contributed by atoms with E-state index in [2.05, 4.69) is 15.3 Å². The van der Waals surface area contributed by atoms with E-state index < -0.39 is 11.6 Å². The summed E-state index contributed by atoms with van der Waals surface area (Å²) >= 11 is 0. The molecule has 0 aliphatic heterocycles. The number of ether oxygens (including phenoxy) is 1. The van der Waals surface area contributed by atoms with Crippen LogP contribution in [0.1, 0.15) is 17.3 Å². The SMILES string of the molecule is CNC(Cc1cc(OC)ncn1)c1cccc(F)c1F. The summed E-state index contributed by atoms with van der Waals surface area (Å²) in [5.41, 5.74) is 0.949. The second-order valence-electron chi connectivity index (χ2n) is 4.24. The molecule has 106 valence electrons. The topological polar surface area (TPSA) is 47.0 Å². The maximum absolute atomic E-state index is 13.8. The smallest absolute Gasteiger partial charge is 0.216 e. The molecule has 2 rings (SSSR count). The minimum Gasteiger partial charge on any atom is -0.481 e. The average Bonchev–Trinajstić information content (AvgIpc) is 2.48. The molecular formula is C14H15F2N3O. The first-order valence-corrected chi connectivity index (χ1v) is 6.11. The van der Waals surface area contributed by atoms with Gasteiger partial charge < -0.3 is 10.1 Å². The molecule has 6 heteroatoms. The van der Waals surface area contributed by atoms with Crippen LogP contribution >= 0.6 is 0 Å². The molecule has 0 aliphatic carbocycles. The maximum Gasteiger partial charge on any atom is 0.216 e. The summed E-state index contributed by atoms with van der Waals surface area (Å²) in [4.78, 5) is 8.01. The van der Waals surface area contributed by atoms with Crippen LogP contribution in [0.15, 0.2) is 30.6 Å². The van der Waals surface area contributed by atoms with Crippen LogP contribution in [-0.4, -0.2) is 24.1 Å². The van der Waals surface area contributed by atoms with Crippen LogP contribution < -0.4 is 10.1 Å². The Morgan fingerprint density at radius 1 is 1.30 bits per heavy atom. The van der Waals surface area contributed by atoms with Crippen molar-refractivity contribution in [1.82, 2.24) is 15.3 Å².